The molecule has 0 amide bonds. The van der Waals surface area contributed by atoms with Gasteiger partial charge in [0.2, 0.25) is 0 Å². The van der Waals surface area contributed by atoms with Crippen molar-refractivity contribution in [2.75, 3.05) is 13.1 Å². The fourth-order valence-electron chi connectivity index (χ4n) is 1.48. The van der Waals surface area contributed by atoms with Crippen molar-refractivity contribution in [3.63, 3.8) is 0 Å². The maximum atomic E-state index is 3.52. The van der Waals surface area contributed by atoms with Crippen LogP contribution in [0, 0.1) is 19.9 Å². The second-order valence-corrected chi connectivity index (χ2v) is 3.80. The molecule has 2 aromatic carbocycles. The van der Waals surface area contributed by atoms with Crippen LogP contribution in [0.15, 0.2) is 54.6 Å². The van der Waals surface area contributed by atoms with Gasteiger partial charge in [-0.15, -0.1) is 13.1 Å². The average molecular weight is 327 g/mol. The predicted octanol–water partition coefficient (Wildman–Crippen LogP) is 3.32. The van der Waals surface area contributed by atoms with E-state index in [0.29, 0.717) is 0 Å². The summed E-state index contributed by atoms with van der Waals surface area (Å²) in [6, 6.07) is 21.8. The summed E-state index contributed by atoms with van der Waals surface area (Å²) in [4.78, 5) is 0. The molecule has 0 unspecified atom stereocenters. The zero-order valence-corrected chi connectivity index (χ0v) is 14.1. The van der Waals surface area contributed by atoms with Gasteiger partial charge in [0, 0.05) is 0 Å². The first kappa shape index (κ1) is 18.5. The molecule has 19 heavy (non-hydrogen) atoms. The molecule has 0 saturated heterocycles. The average Bonchev–Trinajstić information content (AvgIpc) is 2.43. The Kier molecular flexibility index (Phi) is 12.2. The number of nitrogens with one attached hydrogen (secondary N) is 1. The molecule has 0 aromatic heterocycles. The molecule has 96 valence electrons. The maximum Gasteiger partial charge on any atom is 3.00 e. The predicted molar refractivity (Wildman–Crippen MR) is 78.1 cm³/mol. The van der Waals surface area contributed by atoms with Gasteiger partial charge in [-0.1, -0.05) is 30.3 Å². The van der Waals surface area contributed by atoms with E-state index in [4.69, 9.17) is 0 Å². The van der Waals surface area contributed by atoms with Crippen LogP contribution in [0.4, 0.5) is 0 Å². The van der Waals surface area contributed by atoms with E-state index in [9.17, 15) is 0 Å². The third-order valence-electron chi connectivity index (χ3n) is 2.36. The van der Waals surface area contributed by atoms with Crippen molar-refractivity contribution in [3.05, 3.63) is 85.6 Å². The van der Waals surface area contributed by atoms with Crippen molar-refractivity contribution < 1.29 is 32.7 Å². The maximum absolute atomic E-state index is 3.52. The van der Waals surface area contributed by atoms with Gasteiger partial charge in [0.15, 0.2) is 0 Å². The topological polar surface area (TPSA) is 12.0 Å². The summed E-state index contributed by atoms with van der Waals surface area (Å²) in [6.45, 7) is 8.61. The molecule has 0 heterocycles. The van der Waals surface area contributed by atoms with E-state index in [1.54, 1.807) is 0 Å². The SMILES string of the molecule is [CH2-]CNC[CH2-].[Y+3].[c-]1ccccc1Cc1ccccc1. The van der Waals surface area contributed by atoms with E-state index >= 15 is 0 Å². The molecule has 1 N–H and O–H groups in total. The summed E-state index contributed by atoms with van der Waals surface area (Å²) >= 11 is 0. The molecule has 0 bridgehead atoms. The van der Waals surface area contributed by atoms with Crippen molar-refractivity contribution in [2.45, 2.75) is 6.42 Å². The van der Waals surface area contributed by atoms with Gasteiger partial charge >= 0.3 is 32.7 Å². The molecule has 1 nitrogen and oxygen atoms in total. The van der Waals surface area contributed by atoms with Gasteiger partial charge < -0.3 is 19.2 Å². The van der Waals surface area contributed by atoms with Gasteiger partial charge in [0.1, 0.15) is 0 Å². The van der Waals surface area contributed by atoms with Crippen LogP contribution in [-0.2, 0) is 39.1 Å². The number of rotatable bonds is 4. The van der Waals surface area contributed by atoms with E-state index in [1.165, 1.54) is 11.1 Å². The Labute approximate surface area is 142 Å². The van der Waals surface area contributed by atoms with E-state index < -0.39 is 0 Å². The molecule has 0 fully saturated rings. The Morgan fingerprint density at radius 3 is 2.00 bits per heavy atom. The summed E-state index contributed by atoms with van der Waals surface area (Å²) in [6.07, 6.45) is 0.974. The van der Waals surface area contributed by atoms with Crippen molar-refractivity contribution in [2.24, 2.45) is 0 Å². The monoisotopic (exact) mass is 327 g/mol. The van der Waals surface area contributed by atoms with Crippen LogP contribution in [0.1, 0.15) is 11.1 Å². The summed E-state index contributed by atoms with van der Waals surface area (Å²) in [5.41, 5.74) is 2.58. The number of benzene rings is 2. The van der Waals surface area contributed by atoms with Crippen molar-refractivity contribution in [1.29, 1.82) is 0 Å². The molecular weight excluding hydrogens is 307 g/mol. The largest absolute Gasteiger partial charge is 3.00 e. The van der Waals surface area contributed by atoms with Gasteiger partial charge in [-0.2, -0.15) is 35.9 Å². The Morgan fingerprint density at radius 1 is 0.895 bits per heavy atom. The fraction of sp³-hybridized carbons (Fsp3) is 0.176. The molecule has 0 spiro atoms. The normalized spacial score (nSPS) is 8.95. The Morgan fingerprint density at radius 2 is 1.53 bits per heavy atom. The molecule has 0 aliphatic heterocycles. The third kappa shape index (κ3) is 9.10. The van der Waals surface area contributed by atoms with E-state index in [-0.39, 0.29) is 32.7 Å². The van der Waals surface area contributed by atoms with Crippen molar-refractivity contribution >= 4 is 0 Å². The molecule has 2 rings (SSSR count). The zero-order chi connectivity index (χ0) is 13.1. The van der Waals surface area contributed by atoms with Crippen LogP contribution in [0.5, 0.6) is 0 Å². The molecule has 2 aromatic rings. The molecular formula is C17H20NY. The number of hydrogen-bond donors (Lipinski definition) is 1. The second-order valence-electron chi connectivity index (χ2n) is 3.80. The van der Waals surface area contributed by atoms with Gasteiger partial charge in [0.25, 0.3) is 0 Å². The Balaban J connectivity index is 0.000000471. The number of hydrogen-bond acceptors (Lipinski definition) is 1. The third-order valence-corrected chi connectivity index (χ3v) is 2.36. The Bertz CT molecular complexity index is 361. The van der Waals surface area contributed by atoms with E-state index in [0.717, 1.165) is 19.5 Å². The molecule has 0 saturated carbocycles. The first-order chi connectivity index (χ1) is 8.86. The molecule has 0 aliphatic carbocycles. The van der Waals surface area contributed by atoms with Crippen LogP contribution >= 0.6 is 0 Å². The minimum Gasteiger partial charge on any atom is -0.376 e. The Hall–Kier alpha value is -0.496. The second kappa shape index (κ2) is 12.5. The minimum atomic E-state index is 0. The van der Waals surface area contributed by atoms with Crippen LogP contribution in [0.3, 0.4) is 0 Å². The zero-order valence-electron chi connectivity index (χ0n) is 11.3. The minimum absolute atomic E-state index is 0. The van der Waals surface area contributed by atoms with Gasteiger partial charge in [-0.05, 0) is 12.0 Å². The van der Waals surface area contributed by atoms with E-state index in [1.807, 2.05) is 18.2 Å². The summed E-state index contributed by atoms with van der Waals surface area (Å²) in [7, 11) is 0. The van der Waals surface area contributed by atoms with Gasteiger partial charge in [-0.3, -0.25) is 0 Å². The van der Waals surface area contributed by atoms with Crippen LogP contribution in [-0.4, -0.2) is 13.1 Å². The van der Waals surface area contributed by atoms with Crippen molar-refractivity contribution in [3.8, 4) is 0 Å². The first-order valence-corrected chi connectivity index (χ1v) is 6.15. The summed E-state index contributed by atoms with van der Waals surface area (Å²) in [5, 5.41) is 2.89. The summed E-state index contributed by atoms with van der Waals surface area (Å²) < 4.78 is 0. The fourth-order valence-corrected chi connectivity index (χ4v) is 1.48. The van der Waals surface area contributed by atoms with Gasteiger partial charge in [-0.25, -0.2) is 0 Å². The first-order valence-electron chi connectivity index (χ1n) is 6.15. The van der Waals surface area contributed by atoms with E-state index in [2.05, 4.69) is 61.6 Å². The smallest absolute Gasteiger partial charge is 0.376 e. The summed E-state index contributed by atoms with van der Waals surface area (Å²) in [5.74, 6) is 0. The van der Waals surface area contributed by atoms with Crippen LogP contribution < -0.4 is 5.32 Å². The van der Waals surface area contributed by atoms with Crippen molar-refractivity contribution in [1.82, 2.24) is 5.32 Å². The quantitative estimate of drug-likeness (QED) is 0.850. The molecule has 0 aliphatic rings. The van der Waals surface area contributed by atoms with Crippen LogP contribution in [0.2, 0.25) is 0 Å². The van der Waals surface area contributed by atoms with Gasteiger partial charge in [0.05, 0.1) is 0 Å². The standard InChI is InChI=1S/C13H11.C4H9N.Y/c1-3-7-12(8-4-1)11-13-9-5-2-6-10-13;1-3-5-4-2;/h1-9H,11H2;5H,1-4H2;/q-1;-2;+3. The van der Waals surface area contributed by atoms with Crippen LogP contribution in [0.25, 0.3) is 0 Å². The molecule has 0 atom stereocenters. The molecule has 2 heteroatoms. The molecule has 0 radical (unpaired) electrons.